The fraction of sp³-hybridized carbons (Fsp3) is 0.810. The van der Waals surface area contributed by atoms with Gasteiger partial charge in [-0.05, 0) is 77.6 Å². The fourth-order valence-electron chi connectivity index (χ4n) is 4.67. The van der Waals surface area contributed by atoms with Gasteiger partial charge in [0, 0.05) is 12.6 Å². The van der Waals surface area contributed by atoms with Crippen molar-refractivity contribution in [2.45, 2.75) is 83.5 Å². The Morgan fingerprint density at radius 3 is 2.16 bits per heavy atom. The van der Waals surface area contributed by atoms with Gasteiger partial charge in [-0.15, -0.1) is 0 Å². The van der Waals surface area contributed by atoms with Gasteiger partial charge in [-0.1, -0.05) is 0 Å². The number of fused-ring (bicyclic) bond motifs is 3. The largest absolute Gasteiger partial charge is 0.444 e. The lowest BCUT2D eigenvalue weighted by Crippen LogP contribution is -2.59. The molecule has 0 aromatic carbocycles. The monoisotopic (exact) mass is 440 g/mol. The van der Waals surface area contributed by atoms with Gasteiger partial charge in [-0.25, -0.2) is 9.59 Å². The first-order valence-corrected chi connectivity index (χ1v) is 11.0. The molecule has 6 N–H and O–H groups in total. The van der Waals surface area contributed by atoms with Crippen molar-refractivity contribution in [1.82, 2.24) is 10.6 Å². The molecule has 2 bridgehead atoms. The Balaban J connectivity index is 1.85. The van der Waals surface area contributed by atoms with Gasteiger partial charge >= 0.3 is 12.2 Å². The quantitative estimate of drug-likeness (QED) is 0.397. The van der Waals surface area contributed by atoms with Crippen LogP contribution in [-0.2, 0) is 19.1 Å². The molecule has 0 saturated heterocycles. The number of amides is 4. The lowest BCUT2D eigenvalue weighted by Gasteiger charge is -2.47. The number of hydrogen-bond acceptors (Lipinski definition) is 6. The van der Waals surface area contributed by atoms with E-state index in [1.807, 2.05) is 0 Å². The number of rotatable bonds is 9. The first-order chi connectivity index (χ1) is 14.5. The molecule has 31 heavy (non-hydrogen) atoms. The normalized spacial score (nSPS) is 25.9. The molecule has 0 heterocycles. The number of nitrogens with two attached hydrogens (primary N) is 2. The van der Waals surface area contributed by atoms with Gasteiger partial charge in [-0.2, -0.15) is 0 Å². The van der Waals surface area contributed by atoms with E-state index in [1.54, 1.807) is 20.8 Å². The molecule has 3 aliphatic carbocycles. The maximum Gasteiger partial charge on any atom is 0.407 e. The zero-order valence-electron chi connectivity index (χ0n) is 18.6. The van der Waals surface area contributed by atoms with E-state index in [-0.39, 0.29) is 24.3 Å². The molecule has 2 unspecified atom stereocenters. The van der Waals surface area contributed by atoms with Gasteiger partial charge in [0.15, 0.2) is 6.10 Å². The van der Waals surface area contributed by atoms with E-state index in [1.165, 1.54) is 0 Å². The van der Waals surface area contributed by atoms with Crippen molar-refractivity contribution in [3.63, 3.8) is 0 Å². The summed E-state index contributed by atoms with van der Waals surface area (Å²) in [6.45, 7) is 5.68. The minimum absolute atomic E-state index is 0.183. The van der Waals surface area contributed by atoms with Crippen LogP contribution in [0, 0.1) is 17.8 Å². The van der Waals surface area contributed by atoms with Crippen molar-refractivity contribution in [1.29, 1.82) is 0 Å². The summed E-state index contributed by atoms with van der Waals surface area (Å²) in [6, 6.07) is -0.342. The second-order valence-electron chi connectivity index (χ2n) is 9.49. The third-order valence-corrected chi connectivity index (χ3v) is 5.97. The molecule has 0 spiro atoms. The van der Waals surface area contributed by atoms with E-state index in [4.69, 9.17) is 20.9 Å². The molecule has 3 rings (SSSR count). The van der Waals surface area contributed by atoms with E-state index in [0.29, 0.717) is 19.4 Å². The average molecular weight is 441 g/mol. The highest BCUT2D eigenvalue weighted by Crippen LogP contribution is 2.45. The van der Waals surface area contributed by atoms with Crippen LogP contribution in [0.15, 0.2) is 0 Å². The van der Waals surface area contributed by atoms with E-state index in [0.717, 1.165) is 25.7 Å². The minimum Gasteiger partial charge on any atom is -0.444 e. The molecule has 10 nitrogen and oxygen atoms in total. The number of carbonyl (C=O) groups excluding carboxylic acids is 4. The van der Waals surface area contributed by atoms with E-state index < -0.39 is 41.6 Å². The molecule has 4 amide bonds. The van der Waals surface area contributed by atoms with Crippen LogP contribution in [0.3, 0.4) is 0 Å². The molecule has 3 fully saturated rings. The van der Waals surface area contributed by atoms with Crippen molar-refractivity contribution >= 4 is 24.0 Å². The zero-order chi connectivity index (χ0) is 23.2. The van der Waals surface area contributed by atoms with Gasteiger partial charge < -0.3 is 31.6 Å². The van der Waals surface area contributed by atoms with Crippen LogP contribution in [0.4, 0.5) is 9.59 Å². The predicted octanol–water partition coefficient (Wildman–Crippen LogP) is 1.55. The van der Waals surface area contributed by atoms with Crippen molar-refractivity contribution < 1.29 is 28.7 Å². The number of unbranched alkanes of at least 4 members (excludes halogenated alkanes) is 1. The van der Waals surface area contributed by atoms with E-state index in [9.17, 15) is 19.2 Å². The number of ether oxygens (including phenoxy) is 2. The first-order valence-electron chi connectivity index (χ1n) is 11.0. The van der Waals surface area contributed by atoms with Crippen LogP contribution in [0.2, 0.25) is 0 Å². The van der Waals surface area contributed by atoms with Crippen LogP contribution in [0.5, 0.6) is 0 Å². The summed E-state index contributed by atoms with van der Waals surface area (Å²) in [5, 5.41) is 5.55. The second kappa shape index (κ2) is 10.7. The topological polar surface area (TPSA) is 163 Å². The van der Waals surface area contributed by atoms with E-state index >= 15 is 0 Å². The Labute approximate surface area is 183 Å². The van der Waals surface area contributed by atoms with Crippen LogP contribution < -0.4 is 22.1 Å². The Hall–Kier alpha value is -2.52. The minimum atomic E-state index is -1.06. The third-order valence-electron chi connectivity index (χ3n) is 5.97. The van der Waals surface area contributed by atoms with Gasteiger partial charge in [0.05, 0.1) is 5.92 Å². The molecule has 0 aromatic heterocycles. The molecular formula is C21H36N4O6. The Morgan fingerprint density at radius 2 is 1.61 bits per heavy atom. The summed E-state index contributed by atoms with van der Waals surface area (Å²) in [6.07, 6.45) is 2.46. The molecule has 0 radical (unpaired) electrons. The highest BCUT2D eigenvalue weighted by Gasteiger charge is 2.47. The van der Waals surface area contributed by atoms with Crippen molar-refractivity contribution in [3.05, 3.63) is 0 Å². The SMILES string of the molecule is CC(C)(C)OC(=O)NCCCC[C@H](OC(N)=O)C(=O)NC1C2CCC(CC2)C1C(N)=O. The lowest BCUT2D eigenvalue weighted by molar-refractivity contribution is -0.136. The molecule has 176 valence electrons. The fourth-order valence-corrected chi connectivity index (χ4v) is 4.67. The van der Waals surface area contributed by atoms with Gasteiger partial charge in [0.1, 0.15) is 5.60 Å². The summed E-state index contributed by atoms with van der Waals surface area (Å²) in [7, 11) is 0. The van der Waals surface area contributed by atoms with Crippen molar-refractivity contribution in [2.24, 2.45) is 29.2 Å². The highest BCUT2D eigenvalue weighted by atomic mass is 16.6. The standard InChI is InChI=1S/C21H36N4O6/c1-21(2,3)31-20(29)24-11-5-4-6-14(30-19(23)28)18(27)25-16-13-9-7-12(8-10-13)15(16)17(22)26/h12-16H,4-11H2,1-3H3,(H2,22,26)(H2,23,28)(H,24,29)(H,25,27)/t12?,13?,14-,15?,16?/m0/s1. The number of primary amides is 2. The molecule has 3 aliphatic rings. The molecular weight excluding hydrogens is 404 g/mol. The zero-order valence-corrected chi connectivity index (χ0v) is 18.6. The van der Waals surface area contributed by atoms with Gasteiger partial charge in [0.25, 0.3) is 5.91 Å². The summed E-state index contributed by atoms with van der Waals surface area (Å²) >= 11 is 0. The number of carbonyl (C=O) groups is 4. The maximum atomic E-state index is 12.8. The smallest absolute Gasteiger partial charge is 0.407 e. The van der Waals surface area contributed by atoms with Crippen molar-refractivity contribution in [2.75, 3.05) is 6.54 Å². The Bertz CT molecular complexity index is 669. The summed E-state index contributed by atoms with van der Waals surface area (Å²) in [4.78, 5) is 47.8. The summed E-state index contributed by atoms with van der Waals surface area (Å²) in [5.41, 5.74) is 10.2. The molecule has 0 aliphatic heterocycles. The van der Waals surface area contributed by atoms with Crippen molar-refractivity contribution in [3.8, 4) is 0 Å². The molecule has 3 atom stereocenters. The summed E-state index contributed by atoms with van der Waals surface area (Å²) in [5.74, 6) is -0.896. The third kappa shape index (κ3) is 7.59. The molecule has 3 saturated carbocycles. The lowest BCUT2D eigenvalue weighted by atomic mass is 9.61. The average Bonchev–Trinajstić information content (AvgIpc) is 2.65. The second-order valence-corrected chi connectivity index (χ2v) is 9.49. The maximum absolute atomic E-state index is 12.8. The van der Waals surface area contributed by atoms with Crippen LogP contribution >= 0.6 is 0 Å². The Kier molecular flexibility index (Phi) is 8.52. The number of nitrogens with one attached hydrogen (secondary N) is 2. The van der Waals surface area contributed by atoms with Crippen LogP contribution in [0.25, 0.3) is 0 Å². The van der Waals surface area contributed by atoms with E-state index in [2.05, 4.69) is 10.6 Å². The van der Waals surface area contributed by atoms with Crippen LogP contribution in [0.1, 0.15) is 65.7 Å². The van der Waals surface area contributed by atoms with Gasteiger partial charge in [-0.3, -0.25) is 9.59 Å². The molecule has 0 aromatic rings. The number of hydrogen-bond donors (Lipinski definition) is 4. The Morgan fingerprint density at radius 1 is 1.00 bits per heavy atom. The highest BCUT2D eigenvalue weighted by molar-refractivity contribution is 5.85. The number of alkyl carbamates (subject to hydrolysis) is 1. The first kappa shape index (κ1) is 24.7. The predicted molar refractivity (Wildman–Crippen MR) is 113 cm³/mol. The summed E-state index contributed by atoms with van der Waals surface area (Å²) < 4.78 is 10.2. The van der Waals surface area contributed by atoms with Crippen LogP contribution in [-0.4, -0.2) is 48.3 Å². The van der Waals surface area contributed by atoms with Gasteiger partial charge in [0.2, 0.25) is 5.91 Å². The molecule has 10 heteroatoms.